The molecular weight excluding hydrogens is 160 g/mol. The molecule has 0 aromatic heterocycles. The molecule has 0 radical (unpaired) electrons. The first-order valence-electron chi connectivity index (χ1n) is 3.95. The summed E-state index contributed by atoms with van der Waals surface area (Å²) in [6.07, 6.45) is 0.582. The van der Waals surface area contributed by atoms with Gasteiger partial charge >= 0.3 is 0 Å². The molecule has 12 heavy (non-hydrogen) atoms. The van der Waals surface area contributed by atoms with Crippen molar-refractivity contribution in [2.45, 2.75) is 13.0 Å². The molecule has 1 aromatic rings. The first kappa shape index (κ1) is 7.68. The maximum Gasteiger partial charge on any atom is 0.162 e. The molecule has 2 rings (SSSR count). The van der Waals surface area contributed by atoms with Crippen LogP contribution in [0.3, 0.4) is 0 Å². The van der Waals surface area contributed by atoms with Crippen molar-refractivity contribution in [2.24, 2.45) is 0 Å². The summed E-state index contributed by atoms with van der Waals surface area (Å²) in [5, 5.41) is 3.10. The number of hydrogen-bond donors (Lipinski definition) is 1. The Morgan fingerprint density at radius 1 is 1.25 bits per heavy atom. The SMILES string of the molecule is Fc1ccc2c(c1F)CCNC2. The van der Waals surface area contributed by atoms with Gasteiger partial charge < -0.3 is 5.32 Å². The lowest BCUT2D eigenvalue weighted by Gasteiger charge is -2.17. The predicted octanol–water partition coefficient (Wildman–Crippen LogP) is 1.61. The second-order valence-corrected chi connectivity index (χ2v) is 2.93. The molecule has 3 heteroatoms. The van der Waals surface area contributed by atoms with E-state index in [1.807, 2.05) is 0 Å². The number of benzene rings is 1. The lowest BCUT2D eigenvalue weighted by molar-refractivity contribution is 0.486. The molecular formula is C9H9F2N. The van der Waals surface area contributed by atoms with Gasteiger partial charge in [0.15, 0.2) is 11.6 Å². The summed E-state index contributed by atoms with van der Waals surface area (Å²) in [4.78, 5) is 0. The molecule has 0 unspecified atom stereocenters. The Bertz CT molecular complexity index is 310. The number of rotatable bonds is 0. The van der Waals surface area contributed by atoms with E-state index in [1.165, 1.54) is 6.07 Å². The van der Waals surface area contributed by atoms with E-state index in [4.69, 9.17) is 0 Å². The van der Waals surface area contributed by atoms with Crippen LogP contribution < -0.4 is 5.32 Å². The van der Waals surface area contributed by atoms with Gasteiger partial charge in [-0.1, -0.05) is 6.07 Å². The summed E-state index contributed by atoms with van der Waals surface area (Å²) in [6, 6.07) is 2.82. The standard InChI is InChI=1S/C9H9F2N/c10-8-2-1-6-5-12-4-3-7(6)9(8)11/h1-2,12H,3-5H2. The van der Waals surface area contributed by atoms with E-state index >= 15 is 0 Å². The predicted molar refractivity (Wildman–Crippen MR) is 41.8 cm³/mol. The van der Waals surface area contributed by atoms with E-state index in [1.54, 1.807) is 6.07 Å². The van der Waals surface area contributed by atoms with Gasteiger partial charge in [-0.25, -0.2) is 8.78 Å². The molecule has 1 aromatic carbocycles. The largest absolute Gasteiger partial charge is 0.312 e. The van der Waals surface area contributed by atoms with Crippen molar-refractivity contribution in [1.29, 1.82) is 0 Å². The van der Waals surface area contributed by atoms with Gasteiger partial charge in [0, 0.05) is 6.54 Å². The number of halogens is 2. The van der Waals surface area contributed by atoms with Crippen LogP contribution in [0, 0.1) is 11.6 Å². The molecule has 0 aliphatic carbocycles. The van der Waals surface area contributed by atoms with Crippen LogP contribution in [-0.4, -0.2) is 6.54 Å². The third kappa shape index (κ3) is 1.10. The number of nitrogens with one attached hydrogen (secondary N) is 1. The fraction of sp³-hybridized carbons (Fsp3) is 0.333. The van der Waals surface area contributed by atoms with Gasteiger partial charge in [-0.2, -0.15) is 0 Å². The summed E-state index contributed by atoms with van der Waals surface area (Å²) < 4.78 is 25.8. The third-order valence-electron chi connectivity index (χ3n) is 2.16. The average Bonchev–Trinajstić information content (AvgIpc) is 2.12. The van der Waals surface area contributed by atoms with E-state index in [9.17, 15) is 8.78 Å². The van der Waals surface area contributed by atoms with E-state index in [2.05, 4.69) is 5.32 Å². The summed E-state index contributed by atoms with van der Waals surface area (Å²) in [6.45, 7) is 1.37. The van der Waals surface area contributed by atoms with E-state index < -0.39 is 11.6 Å². The molecule has 1 heterocycles. The summed E-state index contributed by atoms with van der Waals surface area (Å²) >= 11 is 0. The van der Waals surface area contributed by atoms with Gasteiger partial charge in [-0.05, 0) is 30.2 Å². The van der Waals surface area contributed by atoms with Crippen molar-refractivity contribution >= 4 is 0 Å². The number of fused-ring (bicyclic) bond motifs is 1. The maximum atomic E-state index is 13.1. The van der Waals surface area contributed by atoms with Crippen LogP contribution in [0.5, 0.6) is 0 Å². The molecule has 0 bridgehead atoms. The molecule has 0 spiro atoms. The lowest BCUT2D eigenvalue weighted by atomic mass is 10.0. The normalized spacial score (nSPS) is 15.8. The first-order valence-corrected chi connectivity index (χ1v) is 3.95. The first-order chi connectivity index (χ1) is 5.79. The molecule has 0 saturated heterocycles. The van der Waals surface area contributed by atoms with Crippen LogP contribution in [0.1, 0.15) is 11.1 Å². The average molecular weight is 169 g/mol. The molecule has 0 amide bonds. The highest BCUT2D eigenvalue weighted by Crippen LogP contribution is 2.19. The quantitative estimate of drug-likeness (QED) is 0.622. The van der Waals surface area contributed by atoms with Crippen molar-refractivity contribution in [3.05, 3.63) is 34.9 Å². The molecule has 0 fully saturated rings. The Kier molecular flexibility index (Phi) is 1.81. The smallest absolute Gasteiger partial charge is 0.162 e. The molecule has 0 saturated carbocycles. The lowest BCUT2D eigenvalue weighted by Crippen LogP contribution is -2.24. The highest BCUT2D eigenvalue weighted by Gasteiger charge is 2.15. The van der Waals surface area contributed by atoms with Crippen molar-refractivity contribution in [2.75, 3.05) is 6.54 Å². The molecule has 0 atom stereocenters. The van der Waals surface area contributed by atoms with Gasteiger partial charge in [0.2, 0.25) is 0 Å². The minimum Gasteiger partial charge on any atom is -0.312 e. The van der Waals surface area contributed by atoms with Crippen LogP contribution in [0.25, 0.3) is 0 Å². The number of hydrogen-bond acceptors (Lipinski definition) is 1. The topological polar surface area (TPSA) is 12.0 Å². The highest BCUT2D eigenvalue weighted by atomic mass is 19.2. The molecule has 1 nitrogen and oxygen atoms in total. The van der Waals surface area contributed by atoms with E-state index in [0.717, 1.165) is 12.1 Å². The Morgan fingerprint density at radius 3 is 2.92 bits per heavy atom. The van der Waals surface area contributed by atoms with E-state index in [-0.39, 0.29) is 0 Å². The Morgan fingerprint density at radius 2 is 2.08 bits per heavy atom. The molecule has 1 N–H and O–H groups in total. The fourth-order valence-corrected chi connectivity index (χ4v) is 1.50. The van der Waals surface area contributed by atoms with E-state index in [0.29, 0.717) is 18.5 Å². The Hall–Kier alpha value is -0.960. The molecule has 64 valence electrons. The van der Waals surface area contributed by atoms with Gasteiger partial charge in [0.25, 0.3) is 0 Å². The third-order valence-corrected chi connectivity index (χ3v) is 2.16. The monoisotopic (exact) mass is 169 g/mol. The van der Waals surface area contributed by atoms with Crippen LogP contribution in [0.2, 0.25) is 0 Å². The van der Waals surface area contributed by atoms with Gasteiger partial charge in [0.1, 0.15) is 0 Å². The van der Waals surface area contributed by atoms with Crippen LogP contribution in [0.15, 0.2) is 12.1 Å². The van der Waals surface area contributed by atoms with Gasteiger partial charge in [-0.15, -0.1) is 0 Å². The van der Waals surface area contributed by atoms with Gasteiger partial charge in [-0.3, -0.25) is 0 Å². The van der Waals surface area contributed by atoms with Crippen LogP contribution >= 0.6 is 0 Å². The van der Waals surface area contributed by atoms with Crippen molar-refractivity contribution < 1.29 is 8.78 Å². The van der Waals surface area contributed by atoms with Crippen molar-refractivity contribution in [3.63, 3.8) is 0 Å². The zero-order chi connectivity index (χ0) is 8.55. The fourth-order valence-electron chi connectivity index (χ4n) is 1.50. The highest BCUT2D eigenvalue weighted by molar-refractivity contribution is 5.31. The maximum absolute atomic E-state index is 13.1. The zero-order valence-electron chi connectivity index (χ0n) is 6.53. The summed E-state index contributed by atoms with van der Waals surface area (Å²) in [7, 11) is 0. The zero-order valence-corrected chi connectivity index (χ0v) is 6.53. The van der Waals surface area contributed by atoms with Gasteiger partial charge in [0.05, 0.1) is 0 Å². The summed E-state index contributed by atoms with van der Waals surface area (Å²) in [5.41, 5.74) is 1.41. The molecule has 1 aliphatic rings. The van der Waals surface area contributed by atoms with Crippen LogP contribution in [-0.2, 0) is 13.0 Å². The minimum absolute atomic E-state index is 0.536. The Balaban J connectivity index is 2.54. The second-order valence-electron chi connectivity index (χ2n) is 2.93. The molecule has 1 aliphatic heterocycles. The van der Waals surface area contributed by atoms with Crippen LogP contribution in [0.4, 0.5) is 8.78 Å². The minimum atomic E-state index is -0.740. The van der Waals surface area contributed by atoms with Crippen molar-refractivity contribution in [1.82, 2.24) is 5.32 Å². The Labute approximate surface area is 69.4 Å². The van der Waals surface area contributed by atoms with Crippen molar-refractivity contribution in [3.8, 4) is 0 Å². The summed E-state index contributed by atoms with van der Waals surface area (Å²) in [5.74, 6) is -1.41. The second kappa shape index (κ2) is 2.83.